The molecule has 6 heteroatoms. The van der Waals surface area contributed by atoms with Crippen LogP contribution in [0.2, 0.25) is 5.02 Å². The zero-order valence-electron chi connectivity index (χ0n) is 15.5. The molecule has 4 rings (SSSR count). The molecule has 0 saturated heterocycles. The zero-order chi connectivity index (χ0) is 20.4. The second-order valence-electron chi connectivity index (χ2n) is 6.63. The molecule has 0 saturated carbocycles. The molecule has 0 aliphatic rings. The summed E-state index contributed by atoms with van der Waals surface area (Å²) in [7, 11) is 0. The lowest BCUT2D eigenvalue weighted by atomic mass is 10.1. The standard InChI is InChI=1S/C23H18ClFN4/c1-15-4-5-16(11-17(15)3-2-10-26)12-19-14-27-23-9-8-22(28-29(19)23)18-6-7-21(25)20(24)13-18/h2-11,13-14H,1,12,26H2/b10-2-,17-3-. The minimum atomic E-state index is -0.453. The normalized spacial score (nSPS) is 12.3. The Kier molecular flexibility index (Phi) is 5.14. The molecule has 0 amide bonds. The second kappa shape index (κ2) is 7.89. The van der Waals surface area contributed by atoms with Crippen molar-refractivity contribution in [3.63, 3.8) is 0 Å². The summed E-state index contributed by atoms with van der Waals surface area (Å²) in [4.78, 5) is 4.44. The molecule has 0 fully saturated rings. The van der Waals surface area contributed by atoms with E-state index in [-0.39, 0.29) is 5.02 Å². The van der Waals surface area contributed by atoms with Gasteiger partial charge in [-0.25, -0.2) is 13.9 Å². The maximum atomic E-state index is 13.5. The highest BCUT2D eigenvalue weighted by atomic mass is 35.5. The van der Waals surface area contributed by atoms with Crippen molar-refractivity contribution < 1.29 is 4.39 Å². The third-order valence-corrected chi connectivity index (χ3v) is 4.92. The lowest BCUT2D eigenvalue weighted by molar-refractivity contribution is 0.628. The Labute approximate surface area is 172 Å². The van der Waals surface area contributed by atoms with Crippen molar-refractivity contribution in [2.45, 2.75) is 6.42 Å². The maximum absolute atomic E-state index is 13.5. The van der Waals surface area contributed by atoms with Crippen LogP contribution in [0.5, 0.6) is 0 Å². The van der Waals surface area contributed by atoms with Crippen LogP contribution < -0.4 is 16.2 Å². The lowest BCUT2D eigenvalue weighted by Gasteiger charge is -2.06. The second-order valence-corrected chi connectivity index (χ2v) is 7.04. The number of benzene rings is 2. The molecular formula is C23H18ClFN4. The third kappa shape index (κ3) is 3.91. The smallest absolute Gasteiger partial charge is 0.153 e. The quantitative estimate of drug-likeness (QED) is 0.567. The molecule has 4 nitrogen and oxygen atoms in total. The number of aromatic nitrogens is 3. The van der Waals surface area contributed by atoms with Crippen LogP contribution in [-0.4, -0.2) is 14.6 Å². The summed E-state index contributed by atoms with van der Waals surface area (Å²) in [6.45, 7) is 4.05. The monoisotopic (exact) mass is 404 g/mol. The van der Waals surface area contributed by atoms with E-state index in [1.54, 1.807) is 22.7 Å². The van der Waals surface area contributed by atoms with Crippen molar-refractivity contribution in [1.29, 1.82) is 0 Å². The molecule has 2 N–H and O–H groups in total. The van der Waals surface area contributed by atoms with Crippen LogP contribution >= 0.6 is 11.6 Å². The molecule has 2 aromatic heterocycles. The third-order valence-electron chi connectivity index (χ3n) is 4.63. The van der Waals surface area contributed by atoms with Gasteiger partial charge in [0.1, 0.15) is 5.82 Å². The van der Waals surface area contributed by atoms with Gasteiger partial charge in [-0.3, -0.25) is 0 Å². The van der Waals surface area contributed by atoms with Gasteiger partial charge in [-0.05, 0) is 58.6 Å². The average molecular weight is 405 g/mol. The van der Waals surface area contributed by atoms with Crippen LogP contribution in [0.3, 0.4) is 0 Å². The molecule has 144 valence electrons. The zero-order valence-corrected chi connectivity index (χ0v) is 16.3. The molecule has 0 atom stereocenters. The van der Waals surface area contributed by atoms with E-state index < -0.39 is 5.82 Å². The Hall–Kier alpha value is -3.44. The van der Waals surface area contributed by atoms with Crippen LogP contribution in [0.25, 0.3) is 29.6 Å². The van der Waals surface area contributed by atoms with E-state index >= 15 is 0 Å². The summed E-state index contributed by atoms with van der Waals surface area (Å²) in [5, 5.41) is 6.69. The van der Waals surface area contributed by atoms with Crippen molar-refractivity contribution in [2.24, 2.45) is 5.73 Å². The SMILES string of the molecule is C=c1ccc(Cc2cnc3ccc(-c4ccc(F)c(Cl)c4)nn23)c/c1=C/C=C\N. The predicted molar refractivity (Wildman–Crippen MR) is 115 cm³/mol. The van der Waals surface area contributed by atoms with E-state index in [9.17, 15) is 4.39 Å². The predicted octanol–water partition coefficient (Wildman–Crippen LogP) is 3.44. The number of imidazole rings is 1. The maximum Gasteiger partial charge on any atom is 0.153 e. The molecule has 2 aromatic carbocycles. The van der Waals surface area contributed by atoms with Crippen molar-refractivity contribution in [3.05, 3.63) is 99.5 Å². The highest BCUT2D eigenvalue weighted by molar-refractivity contribution is 6.31. The summed E-state index contributed by atoms with van der Waals surface area (Å²) >= 11 is 5.92. The molecular weight excluding hydrogens is 387 g/mol. The van der Waals surface area contributed by atoms with Gasteiger partial charge in [-0.2, -0.15) is 5.10 Å². The molecule has 0 unspecified atom stereocenters. The molecule has 2 heterocycles. The van der Waals surface area contributed by atoms with Crippen LogP contribution in [0.15, 0.2) is 67.0 Å². The molecule has 29 heavy (non-hydrogen) atoms. The Morgan fingerprint density at radius 2 is 2.00 bits per heavy atom. The van der Waals surface area contributed by atoms with Gasteiger partial charge in [0, 0.05) is 12.0 Å². The summed E-state index contributed by atoms with van der Waals surface area (Å²) in [5.41, 5.74) is 9.65. The molecule has 0 aliphatic heterocycles. The van der Waals surface area contributed by atoms with Gasteiger partial charge in [0.05, 0.1) is 22.6 Å². The number of allylic oxidation sites excluding steroid dienone is 1. The topological polar surface area (TPSA) is 56.2 Å². The van der Waals surface area contributed by atoms with E-state index in [4.69, 9.17) is 17.3 Å². The number of nitrogens with two attached hydrogens (primary N) is 1. The molecule has 0 spiro atoms. The number of halogens is 2. The first-order chi connectivity index (χ1) is 14.0. The van der Waals surface area contributed by atoms with E-state index in [0.29, 0.717) is 12.1 Å². The fraction of sp³-hybridized carbons (Fsp3) is 0.0435. The number of nitrogens with zero attached hydrogens (tertiary/aromatic N) is 3. The van der Waals surface area contributed by atoms with E-state index in [1.807, 2.05) is 36.5 Å². The van der Waals surface area contributed by atoms with Crippen LogP contribution in [0.4, 0.5) is 4.39 Å². The minimum Gasteiger partial charge on any atom is -0.405 e. The number of hydrogen-bond donors (Lipinski definition) is 1. The first kappa shape index (κ1) is 18.9. The Balaban J connectivity index is 1.74. The Morgan fingerprint density at radius 3 is 2.79 bits per heavy atom. The minimum absolute atomic E-state index is 0.0684. The van der Waals surface area contributed by atoms with Crippen LogP contribution in [0.1, 0.15) is 11.3 Å². The van der Waals surface area contributed by atoms with E-state index in [2.05, 4.69) is 22.7 Å². The molecule has 0 aliphatic carbocycles. The fourth-order valence-electron chi connectivity index (χ4n) is 3.13. The summed E-state index contributed by atoms with van der Waals surface area (Å²) in [5.74, 6) is -0.453. The summed E-state index contributed by atoms with van der Waals surface area (Å²) < 4.78 is 15.3. The number of rotatable bonds is 4. The Morgan fingerprint density at radius 1 is 1.14 bits per heavy atom. The molecule has 0 bridgehead atoms. The Bertz CT molecular complexity index is 1340. The highest BCUT2D eigenvalue weighted by Crippen LogP contribution is 2.24. The summed E-state index contributed by atoms with van der Waals surface area (Å²) in [6, 6.07) is 14.4. The van der Waals surface area contributed by atoms with Gasteiger partial charge in [-0.1, -0.05) is 42.5 Å². The first-order valence-electron chi connectivity index (χ1n) is 9.01. The molecule has 0 radical (unpaired) electrons. The van der Waals surface area contributed by atoms with Crippen molar-refractivity contribution >= 4 is 29.9 Å². The molecule has 4 aromatic rings. The van der Waals surface area contributed by atoms with E-state index in [1.165, 1.54) is 12.3 Å². The average Bonchev–Trinajstić information content (AvgIpc) is 3.12. The summed E-state index contributed by atoms with van der Waals surface area (Å²) in [6.07, 6.45) is 7.66. The first-order valence-corrected chi connectivity index (χ1v) is 9.38. The van der Waals surface area contributed by atoms with Gasteiger partial charge in [-0.15, -0.1) is 0 Å². The van der Waals surface area contributed by atoms with Crippen LogP contribution in [-0.2, 0) is 6.42 Å². The van der Waals surface area contributed by atoms with Gasteiger partial charge >= 0.3 is 0 Å². The number of fused-ring (bicyclic) bond motifs is 1. The van der Waals surface area contributed by atoms with E-state index in [0.717, 1.165) is 32.9 Å². The van der Waals surface area contributed by atoms with Gasteiger partial charge in [0.2, 0.25) is 0 Å². The van der Waals surface area contributed by atoms with Gasteiger partial charge in [0.25, 0.3) is 0 Å². The van der Waals surface area contributed by atoms with Gasteiger partial charge in [0.15, 0.2) is 5.65 Å². The van der Waals surface area contributed by atoms with Crippen molar-refractivity contribution in [1.82, 2.24) is 14.6 Å². The van der Waals surface area contributed by atoms with Crippen molar-refractivity contribution in [3.8, 4) is 11.3 Å². The highest BCUT2D eigenvalue weighted by Gasteiger charge is 2.09. The fourth-order valence-corrected chi connectivity index (χ4v) is 3.31. The largest absolute Gasteiger partial charge is 0.405 e. The van der Waals surface area contributed by atoms with Crippen molar-refractivity contribution in [2.75, 3.05) is 0 Å². The van der Waals surface area contributed by atoms with Gasteiger partial charge < -0.3 is 5.73 Å². The lowest BCUT2D eigenvalue weighted by Crippen LogP contribution is -2.23. The van der Waals surface area contributed by atoms with Crippen LogP contribution in [0, 0.1) is 5.82 Å². The number of hydrogen-bond acceptors (Lipinski definition) is 3.